The molecule has 0 saturated heterocycles. The molecule has 30 heavy (non-hydrogen) atoms. The van der Waals surface area contributed by atoms with Crippen LogP contribution in [-0.2, 0) is 22.7 Å². The molecule has 1 aliphatic rings. The fraction of sp³-hybridized carbons (Fsp3) is 0.318. The smallest absolute Gasteiger partial charge is 0.323 e. The Balaban J connectivity index is 1.55. The molecule has 156 valence electrons. The van der Waals surface area contributed by atoms with Crippen molar-refractivity contribution in [2.75, 3.05) is 25.0 Å². The van der Waals surface area contributed by atoms with Crippen LogP contribution in [-0.4, -0.2) is 52.3 Å². The topological polar surface area (TPSA) is 90.1 Å². The first-order valence-electron chi connectivity index (χ1n) is 9.75. The largest absolute Gasteiger partial charge is 0.480 e. The standard InChI is InChI=1S/C22H24N4O4/c1-14-8-18-15(2)23-30-20(18)9-19(14)25(13-22(28)29)12-21(27)24(3)26-10-16-6-4-5-7-17(16)11-26/h4-9H,10-13H2,1-3H3,(H,28,29). The number of anilines is 1. The number of carbonyl (C=O) groups excluding carboxylic acids is 1. The van der Waals surface area contributed by atoms with E-state index in [0.29, 0.717) is 24.4 Å². The number of benzene rings is 2. The lowest BCUT2D eigenvalue weighted by atomic mass is 10.1. The van der Waals surface area contributed by atoms with Crippen molar-refractivity contribution in [3.05, 3.63) is 58.8 Å². The minimum absolute atomic E-state index is 0.0604. The summed E-state index contributed by atoms with van der Waals surface area (Å²) in [6.07, 6.45) is 0. The van der Waals surface area contributed by atoms with E-state index in [1.807, 2.05) is 37.1 Å². The molecular weight excluding hydrogens is 384 g/mol. The molecule has 0 saturated carbocycles. The number of aromatic nitrogens is 1. The molecule has 0 aliphatic carbocycles. The lowest BCUT2D eigenvalue weighted by molar-refractivity contribution is -0.145. The summed E-state index contributed by atoms with van der Waals surface area (Å²) < 4.78 is 5.34. The zero-order chi connectivity index (χ0) is 21.4. The number of aryl methyl sites for hydroxylation is 2. The highest BCUT2D eigenvalue weighted by Crippen LogP contribution is 2.29. The molecule has 0 radical (unpaired) electrons. The van der Waals surface area contributed by atoms with Gasteiger partial charge in [-0.15, -0.1) is 0 Å². The van der Waals surface area contributed by atoms with Gasteiger partial charge in [-0.1, -0.05) is 29.4 Å². The quantitative estimate of drug-likeness (QED) is 0.671. The van der Waals surface area contributed by atoms with Crippen LogP contribution in [0, 0.1) is 13.8 Å². The zero-order valence-electron chi connectivity index (χ0n) is 17.3. The molecule has 0 bridgehead atoms. The Morgan fingerprint density at radius 3 is 2.43 bits per heavy atom. The van der Waals surface area contributed by atoms with Crippen molar-refractivity contribution in [3.63, 3.8) is 0 Å². The number of rotatable bonds is 6. The van der Waals surface area contributed by atoms with E-state index in [2.05, 4.69) is 17.3 Å². The van der Waals surface area contributed by atoms with Gasteiger partial charge in [0, 0.05) is 37.3 Å². The average Bonchev–Trinajstić information content (AvgIpc) is 3.29. The molecule has 0 unspecified atom stereocenters. The van der Waals surface area contributed by atoms with Crippen molar-refractivity contribution in [3.8, 4) is 0 Å². The van der Waals surface area contributed by atoms with Gasteiger partial charge in [0.05, 0.1) is 12.2 Å². The number of amides is 1. The van der Waals surface area contributed by atoms with Crippen LogP contribution < -0.4 is 4.90 Å². The van der Waals surface area contributed by atoms with Crippen LogP contribution in [0.2, 0.25) is 0 Å². The monoisotopic (exact) mass is 408 g/mol. The Morgan fingerprint density at radius 1 is 1.13 bits per heavy atom. The number of carboxylic acid groups (broad SMARTS) is 1. The summed E-state index contributed by atoms with van der Waals surface area (Å²) in [6, 6.07) is 11.8. The minimum atomic E-state index is -1.01. The van der Waals surface area contributed by atoms with Gasteiger partial charge in [0.1, 0.15) is 6.54 Å². The number of nitrogens with zero attached hydrogens (tertiary/aromatic N) is 4. The fourth-order valence-corrected chi connectivity index (χ4v) is 3.88. The van der Waals surface area contributed by atoms with Crippen molar-refractivity contribution >= 4 is 28.5 Å². The van der Waals surface area contributed by atoms with Crippen LogP contribution >= 0.6 is 0 Å². The minimum Gasteiger partial charge on any atom is -0.480 e. The van der Waals surface area contributed by atoms with E-state index in [9.17, 15) is 14.7 Å². The van der Waals surface area contributed by atoms with Crippen molar-refractivity contribution in [2.24, 2.45) is 0 Å². The number of fused-ring (bicyclic) bond motifs is 2. The van der Waals surface area contributed by atoms with E-state index in [4.69, 9.17) is 4.52 Å². The number of carboxylic acids is 1. The second-order valence-corrected chi connectivity index (χ2v) is 7.66. The predicted octanol–water partition coefficient (Wildman–Crippen LogP) is 2.72. The molecule has 1 N–H and O–H groups in total. The molecule has 2 aromatic carbocycles. The summed E-state index contributed by atoms with van der Waals surface area (Å²) >= 11 is 0. The van der Waals surface area contributed by atoms with Gasteiger partial charge in [-0.3, -0.25) is 14.6 Å². The van der Waals surface area contributed by atoms with Crippen LogP contribution in [0.25, 0.3) is 11.0 Å². The number of carbonyl (C=O) groups is 2. The molecule has 8 heteroatoms. The number of hydrazine groups is 1. The summed E-state index contributed by atoms with van der Waals surface area (Å²) in [6.45, 7) is 4.70. The highest BCUT2D eigenvalue weighted by Gasteiger charge is 2.27. The lowest BCUT2D eigenvalue weighted by Gasteiger charge is -2.31. The summed E-state index contributed by atoms with van der Waals surface area (Å²) in [5, 5.41) is 17.8. The predicted molar refractivity (Wildman–Crippen MR) is 112 cm³/mol. The molecule has 1 aromatic heterocycles. The molecular formula is C22H24N4O4. The SMILES string of the molecule is Cc1cc2c(C)noc2cc1N(CC(=O)O)CC(=O)N(C)N1Cc2ccccc2C1. The summed E-state index contributed by atoms with van der Waals surface area (Å²) in [4.78, 5) is 26.1. The number of aliphatic carboxylic acids is 1. The van der Waals surface area contributed by atoms with E-state index >= 15 is 0 Å². The van der Waals surface area contributed by atoms with Gasteiger partial charge in [0.25, 0.3) is 5.91 Å². The highest BCUT2D eigenvalue weighted by atomic mass is 16.5. The molecule has 0 spiro atoms. The van der Waals surface area contributed by atoms with E-state index in [1.54, 1.807) is 23.0 Å². The van der Waals surface area contributed by atoms with Crippen LogP contribution in [0.4, 0.5) is 5.69 Å². The number of hydrogen-bond acceptors (Lipinski definition) is 6. The Hall–Kier alpha value is -3.39. The van der Waals surface area contributed by atoms with E-state index in [0.717, 1.165) is 16.6 Å². The number of hydrogen-bond donors (Lipinski definition) is 1. The first-order chi connectivity index (χ1) is 14.3. The maximum absolute atomic E-state index is 13.0. The maximum Gasteiger partial charge on any atom is 0.323 e. The fourth-order valence-electron chi connectivity index (χ4n) is 3.88. The first-order valence-corrected chi connectivity index (χ1v) is 9.75. The van der Waals surface area contributed by atoms with Crippen molar-refractivity contribution in [1.82, 2.24) is 15.2 Å². The average molecular weight is 408 g/mol. The van der Waals surface area contributed by atoms with E-state index in [1.165, 1.54) is 11.1 Å². The molecule has 3 aromatic rings. The summed E-state index contributed by atoms with van der Waals surface area (Å²) in [7, 11) is 1.73. The van der Waals surface area contributed by atoms with Crippen molar-refractivity contribution < 1.29 is 19.2 Å². The van der Waals surface area contributed by atoms with Gasteiger partial charge in [-0.05, 0) is 36.6 Å². The summed E-state index contributed by atoms with van der Waals surface area (Å²) in [5.74, 6) is -1.19. The van der Waals surface area contributed by atoms with Crippen molar-refractivity contribution in [2.45, 2.75) is 26.9 Å². The zero-order valence-corrected chi connectivity index (χ0v) is 17.3. The van der Waals surface area contributed by atoms with Gasteiger partial charge in [-0.25, -0.2) is 5.01 Å². The van der Waals surface area contributed by atoms with Crippen molar-refractivity contribution in [1.29, 1.82) is 0 Å². The summed E-state index contributed by atoms with van der Waals surface area (Å²) in [5.41, 5.74) is 5.24. The Bertz CT molecular complexity index is 1100. The Morgan fingerprint density at radius 2 is 1.80 bits per heavy atom. The molecule has 1 aliphatic heterocycles. The van der Waals surface area contributed by atoms with Gasteiger partial charge in [0.2, 0.25) is 0 Å². The normalized spacial score (nSPS) is 13.4. The third-order valence-electron chi connectivity index (χ3n) is 5.57. The number of likely N-dealkylation sites (N-methyl/N-ethyl adjacent to an activating group) is 1. The second kappa shape index (κ2) is 7.79. The maximum atomic E-state index is 13.0. The van der Waals surface area contributed by atoms with E-state index < -0.39 is 5.97 Å². The second-order valence-electron chi connectivity index (χ2n) is 7.66. The van der Waals surface area contributed by atoms with Gasteiger partial charge in [0.15, 0.2) is 5.58 Å². The lowest BCUT2D eigenvalue weighted by Crippen LogP contribution is -2.47. The van der Waals surface area contributed by atoms with Crippen LogP contribution in [0.3, 0.4) is 0 Å². The molecule has 0 atom stereocenters. The molecule has 4 rings (SSSR count). The molecule has 0 fully saturated rings. The third kappa shape index (κ3) is 3.73. The van der Waals surface area contributed by atoms with Gasteiger partial charge < -0.3 is 14.5 Å². The highest BCUT2D eigenvalue weighted by molar-refractivity contribution is 5.88. The van der Waals surface area contributed by atoms with E-state index in [-0.39, 0.29) is 19.0 Å². The molecule has 2 heterocycles. The Kier molecular flexibility index (Phi) is 5.17. The third-order valence-corrected chi connectivity index (χ3v) is 5.57. The van der Waals surface area contributed by atoms with Gasteiger partial charge >= 0.3 is 5.97 Å². The molecule has 8 nitrogen and oxygen atoms in total. The molecule has 1 amide bonds. The van der Waals surface area contributed by atoms with Gasteiger partial charge in [-0.2, -0.15) is 0 Å². The van der Waals surface area contributed by atoms with Crippen LogP contribution in [0.1, 0.15) is 22.4 Å². The first kappa shape index (κ1) is 19.9. The van der Waals surface area contributed by atoms with Crippen LogP contribution in [0.5, 0.6) is 0 Å². The Labute approximate surface area is 174 Å². The van der Waals surface area contributed by atoms with Crippen LogP contribution in [0.15, 0.2) is 40.9 Å².